The van der Waals surface area contributed by atoms with Gasteiger partial charge in [0.1, 0.15) is 0 Å². The quantitative estimate of drug-likeness (QED) is 0.421. The molecule has 1 rings (SSSR count). The van der Waals surface area contributed by atoms with Gasteiger partial charge in [-0.3, -0.25) is 5.21 Å². The molecule has 5 nitrogen and oxygen atoms in total. The molecule has 0 spiro atoms. The molecule has 0 bridgehead atoms. The molecular weight excluding hydrogens is 248 g/mol. The van der Waals surface area contributed by atoms with Gasteiger partial charge in [-0.1, -0.05) is 28.1 Å². The highest BCUT2D eigenvalue weighted by Gasteiger charge is 1.88. The molecule has 0 aliphatic heterocycles. The number of hydrogen-bond acceptors (Lipinski definition) is 3. The summed E-state index contributed by atoms with van der Waals surface area (Å²) in [6.07, 6.45) is 1.52. The molecule has 0 aliphatic carbocycles. The van der Waals surface area contributed by atoms with E-state index in [1.807, 2.05) is 24.3 Å². The first-order valence-corrected chi connectivity index (χ1v) is 4.54. The third-order valence-corrected chi connectivity index (χ3v) is 1.83. The number of guanidine groups is 1. The van der Waals surface area contributed by atoms with Gasteiger partial charge in [-0.2, -0.15) is 5.10 Å². The van der Waals surface area contributed by atoms with Crippen LogP contribution in [0, 0.1) is 0 Å². The molecule has 0 unspecified atom stereocenters. The summed E-state index contributed by atoms with van der Waals surface area (Å²) in [5.41, 5.74) is 7.68. The van der Waals surface area contributed by atoms with Gasteiger partial charge in [-0.25, -0.2) is 5.48 Å². The zero-order valence-electron chi connectivity index (χ0n) is 7.18. The van der Waals surface area contributed by atoms with Crippen LogP contribution in [0.1, 0.15) is 5.56 Å². The standard InChI is InChI=1S/C8H9BrN4O/c9-7-3-1-2-6(4-7)5-11-12-8(10)13-14/h1-5,14H,(H3,10,12,13). The van der Waals surface area contributed by atoms with E-state index in [-0.39, 0.29) is 5.96 Å². The van der Waals surface area contributed by atoms with E-state index in [0.717, 1.165) is 10.0 Å². The van der Waals surface area contributed by atoms with Crippen LogP contribution in [-0.2, 0) is 0 Å². The Labute approximate surface area is 89.4 Å². The van der Waals surface area contributed by atoms with Crippen LogP contribution < -0.4 is 11.2 Å². The van der Waals surface area contributed by atoms with Crippen LogP contribution in [0.3, 0.4) is 0 Å². The fourth-order valence-corrected chi connectivity index (χ4v) is 1.18. The Bertz CT molecular complexity index is 364. The summed E-state index contributed by atoms with van der Waals surface area (Å²) in [7, 11) is 0. The van der Waals surface area contributed by atoms with Crippen molar-refractivity contribution in [1.29, 1.82) is 0 Å². The summed E-state index contributed by atoms with van der Waals surface area (Å²) >= 11 is 3.32. The van der Waals surface area contributed by atoms with Crippen molar-refractivity contribution in [1.82, 2.24) is 5.48 Å². The molecule has 0 aliphatic rings. The maximum Gasteiger partial charge on any atom is 0.237 e. The molecule has 0 fully saturated rings. The van der Waals surface area contributed by atoms with Crippen molar-refractivity contribution in [3.63, 3.8) is 0 Å². The van der Waals surface area contributed by atoms with Gasteiger partial charge in [-0.05, 0) is 17.7 Å². The monoisotopic (exact) mass is 256 g/mol. The zero-order valence-corrected chi connectivity index (χ0v) is 8.77. The lowest BCUT2D eigenvalue weighted by atomic mass is 10.2. The van der Waals surface area contributed by atoms with Crippen molar-refractivity contribution >= 4 is 28.1 Å². The smallest absolute Gasteiger partial charge is 0.237 e. The van der Waals surface area contributed by atoms with Crippen molar-refractivity contribution in [2.24, 2.45) is 15.9 Å². The number of benzene rings is 1. The van der Waals surface area contributed by atoms with Crippen LogP contribution in [0.5, 0.6) is 0 Å². The molecule has 0 radical (unpaired) electrons. The molecule has 6 heteroatoms. The highest BCUT2D eigenvalue weighted by atomic mass is 79.9. The maximum absolute atomic E-state index is 8.29. The predicted octanol–water partition coefficient (Wildman–Crippen LogP) is 1.08. The largest absolute Gasteiger partial charge is 0.367 e. The number of rotatable bonds is 2. The van der Waals surface area contributed by atoms with E-state index < -0.39 is 0 Å². The fourth-order valence-electron chi connectivity index (χ4n) is 0.767. The Hall–Kier alpha value is -1.40. The molecule has 1 aromatic carbocycles. The zero-order chi connectivity index (χ0) is 10.4. The van der Waals surface area contributed by atoms with Gasteiger partial charge >= 0.3 is 0 Å². The van der Waals surface area contributed by atoms with Crippen LogP contribution >= 0.6 is 15.9 Å². The molecule has 4 N–H and O–H groups in total. The van der Waals surface area contributed by atoms with E-state index >= 15 is 0 Å². The topological polar surface area (TPSA) is 83.0 Å². The number of nitrogens with zero attached hydrogens (tertiary/aromatic N) is 2. The minimum atomic E-state index is -0.156. The Balaban J connectivity index is 2.69. The number of nitrogens with two attached hydrogens (primary N) is 1. The van der Waals surface area contributed by atoms with Crippen molar-refractivity contribution in [2.45, 2.75) is 0 Å². The van der Waals surface area contributed by atoms with Gasteiger partial charge in [0, 0.05) is 4.47 Å². The Morgan fingerprint density at radius 2 is 2.36 bits per heavy atom. The second-order valence-electron chi connectivity index (χ2n) is 2.40. The molecule has 0 aromatic heterocycles. The normalized spacial score (nSPS) is 12.0. The van der Waals surface area contributed by atoms with Crippen LogP contribution in [0.4, 0.5) is 0 Å². The summed E-state index contributed by atoms with van der Waals surface area (Å²) in [5.74, 6) is -0.156. The van der Waals surface area contributed by atoms with Crippen LogP contribution in [0.15, 0.2) is 38.9 Å². The lowest BCUT2D eigenvalue weighted by Gasteiger charge is -1.93. The second-order valence-corrected chi connectivity index (χ2v) is 3.31. The summed E-state index contributed by atoms with van der Waals surface area (Å²) < 4.78 is 0.957. The SMILES string of the molecule is NC(=NN=Cc1cccc(Br)c1)NO. The number of halogens is 1. The third kappa shape index (κ3) is 3.55. The molecule has 0 saturated heterocycles. The Morgan fingerprint density at radius 1 is 1.57 bits per heavy atom. The summed E-state index contributed by atoms with van der Waals surface area (Å²) in [4.78, 5) is 0. The highest BCUT2D eigenvalue weighted by molar-refractivity contribution is 9.10. The summed E-state index contributed by atoms with van der Waals surface area (Å²) in [5, 5.41) is 15.4. The van der Waals surface area contributed by atoms with Gasteiger partial charge < -0.3 is 5.73 Å². The average Bonchev–Trinajstić information content (AvgIpc) is 2.17. The second kappa shape index (κ2) is 5.36. The third-order valence-electron chi connectivity index (χ3n) is 1.34. The van der Waals surface area contributed by atoms with Crippen LogP contribution in [0.25, 0.3) is 0 Å². The molecule has 74 valence electrons. The predicted molar refractivity (Wildman–Crippen MR) is 58.3 cm³/mol. The van der Waals surface area contributed by atoms with E-state index in [1.54, 1.807) is 5.48 Å². The molecule has 0 atom stereocenters. The molecule has 14 heavy (non-hydrogen) atoms. The van der Waals surface area contributed by atoms with Crippen molar-refractivity contribution in [2.75, 3.05) is 0 Å². The summed E-state index contributed by atoms with van der Waals surface area (Å²) in [6.45, 7) is 0. The van der Waals surface area contributed by atoms with Crippen molar-refractivity contribution in [3.8, 4) is 0 Å². The molecule has 0 amide bonds. The van der Waals surface area contributed by atoms with Crippen LogP contribution in [-0.4, -0.2) is 17.4 Å². The van der Waals surface area contributed by atoms with Gasteiger partial charge in [0.15, 0.2) is 0 Å². The minimum absolute atomic E-state index is 0.156. The van der Waals surface area contributed by atoms with E-state index in [1.165, 1.54) is 6.21 Å². The van der Waals surface area contributed by atoms with E-state index in [0.29, 0.717) is 0 Å². The van der Waals surface area contributed by atoms with Crippen molar-refractivity contribution in [3.05, 3.63) is 34.3 Å². The fraction of sp³-hybridized carbons (Fsp3) is 0. The van der Waals surface area contributed by atoms with E-state index in [4.69, 9.17) is 10.9 Å². The van der Waals surface area contributed by atoms with Crippen molar-refractivity contribution < 1.29 is 5.21 Å². The molecule has 1 aromatic rings. The van der Waals surface area contributed by atoms with Gasteiger partial charge in [0.25, 0.3) is 0 Å². The van der Waals surface area contributed by atoms with E-state index in [2.05, 4.69) is 26.1 Å². The molecule has 0 heterocycles. The first kappa shape index (κ1) is 10.7. The Morgan fingerprint density at radius 3 is 3.00 bits per heavy atom. The number of hydroxylamine groups is 1. The molecule has 0 saturated carbocycles. The summed E-state index contributed by atoms with van der Waals surface area (Å²) in [6, 6.07) is 7.53. The highest BCUT2D eigenvalue weighted by Crippen LogP contribution is 2.09. The van der Waals surface area contributed by atoms with Crippen LogP contribution in [0.2, 0.25) is 0 Å². The molecular formula is C8H9BrN4O. The van der Waals surface area contributed by atoms with Gasteiger partial charge in [0.2, 0.25) is 5.96 Å². The first-order chi connectivity index (χ1) is 6.72. The minimum Gasteiger partial charge on any atom is -0.367 e. The lowest BCUT2D eigenvalue weighted by Crippen LogP contribution is -2.27. The Kier molecular flexibility index (Phi) is 4.09. The first-order valence-electron chi connectivity index (χ1n) is 3.74. The van der Waals surface area contributed by atoms with E-state index in [9.17, 15) is 0 Å². The lowest BCUT2D eigenvalue weighted by molar-refractivity contribution is 0.232. The van der Waals surface area contributed by atoms with Gasteiger partial charge in [-0.15, -0.1) is 5.10 Å². The van der Waals surface area contributed by atoms with Gasteiger partial charge in [0.05, 0.1) is 6.21 Å². The maximum atomic E-state index is 8.29. The number of nitrogens with one attached hydrogen (secondary N) is 1. The number of hydrogen-bond donors (Lipinski definition) is 3. The average molecular weight is 257 g/mol.